The highest BCUT2D eigenvalue weighted by Crippen LogP contribution is 2.31. The quantitative estimate of drug-likeness (QED) is 0.696. The number of nitrogen functional groups attached to an aromatic ring is 1. The van der Waals surface area contributed by atoms with Crippen LogP contribution in [0.15, 0.2) is 12.3 Å². The average Bonchev–Trinajstić information content (AvgIpc) is 2.84. The molecule has 25 heavy (non-hydrogen) atoms. The summed E-state index contributed by atoms with van der Waals surface area (Å²) in [4.78, 5) is 14.4. The number of aromatic nitrogens is 5. The van der Waals surface area contributed by atoms with Gasteiger partial charge in [-0.05, 0) is 6.42 Å². The Balaban J connectivity index is 1.86. The Morgan fingerprint density at radius 3 is 2.96 bits per heavy atom. The summed E-state index contributed by atoms with van der Waals surface area (Å²) in [5, 5.41) is 4.52. The van der Waals surface area contributed by atoms with Crippen LogP contribution in [0.4, 0.5) is 16.0 Å². The Kier molecular flexibility index (Phi) is 3.79. The Hall–Kier alpha value is -2.68. The largest absolute Gasteiger partial charge is 0.467 e. The number of pyridine rings is 1. The maximum Gasteiger partial charge on any atom is 0.318 e. The van der Waals surface area contributed by atoms with Crippen LogP contribution in [-0.2, 0) is 13.1 Å². The predicted octanol–water partition coefficient (Wildman–Crippen LogP) is 2.01. The second-order valence-electron chi connectivity index (χ2n) is 5.72. The summed E-state index contributed by atoms with van der Waals surface area (Å²) in [6, 6.07) is 1.90. The third-order valence-electron chi connectivity index (χ3n) is 4.12. The summed E-state index contributed by atoms with van der Waals surface area (Å²) in [7, 11) is 1.43. The first-order valence-electron chi connectivity index (χ1n) is 7.69. The highest BCUT2D eigenvalue weighted by Gasteiger charge is 2.22. The van der Waals surface area contributed by atoms with E-state index in [1.807, 2.05) is 15.6 Å². The molecule has 0 aromatic carbocycles. The molecule has 0 unspecified atom stereocenters. The smallest absolute Gasteiger partial charge is 0.318 e. The van der Waals surface area contributed by atoms with Crippen LogP contribution in [-0.4, -0.2) is 38.4 Å². The van der Waals surface area contributed by atoms with Gasteiger partial charge < -0.3 is 15.4 Å². The Morgan fingerprint density at radius 1 is 1.32 bits per heavy atom. The summed E-state index contributed by atoms with van der Waals surface area (Å²) >= 11 is 5.79. The van der Waals surface area contributed by atoms with Gasteiger partial charge in [-0.1, -0.05) is 11.6 Å². The molecule has 3 aromatic heterocycles. The van der Waals surface area contributed by atoms with Crippen molar-refractivity contribution >= 4 is 34.1 Å². The number of hydrogen-bond acceptors (Lipinski definition) is 7. The maximum atomic E-state index is 14.4. The Bertz CT molecular complexity index is 961. The molecule has 0 bridgehead atoms. The number of nitrogens with zero attached hydrogens (tertiary/aromatic N) is 6. The van der Waals surface area contributed by atoms with Crippen molar-refractivity contribution in [1.29, 1.82) is 0 Å². The molecule has 2 N–H and O–H groups in total. The molecule has 0 radical (unpaired) electrons. The molecule has 3 aromatic rings. The zero-order valence-corrected chi connectivity index (χ0v) is 14.2. The van der Waals surface area contributed by atoms with Crippen molar-refractivity contribution in [1.82, 2.24) is 24.7 Å². The van der Waals surface area contributed by atoms with Crippen molar-refractivity contribution in [3.8, 4) is 6.01 Å². The second kappa shape index (κ2) is 5.99. The van der Waals surface area contributed by atoms with Gasteiger partial charge in [0.05, 0.1) is 24.7 Å². The van der Waals surface area contributed by atoms with Crippen LogP contribution < -0.4 is 15.4 Å². The summed E-state index contributed by atoms with van der Waals surface area (Å²) in [5.41, 5.74) is 6.84. The van der Waals surface area contributed by atoms with Gasteiger partial charge in [-0.3, -0.25) is 4.68 Å². The van der Waals surface area contributed by atoms with E-state index in [1.165, 1.54) is 13.3 Å². The van der Waals surface area contributed by atoms with E-state index in [0.29, 0.717) is 30.1 Å². The summed E-state index contributed by atoms with van der Waals surface area (Å²) in [6.45, 7) is 1.99. The minimum Gasteiger partial charge on any atom is -0.467 e. The van der Waals surface area contributed by atoms with Gasteiger partial charge in [-0.2, -0.15) is 15.1 Å². The van der Waals surface area contributed by atoms with Gasteiger partial charge in [0.2, 0.25) is 0 Å². The normalized spacial score (nSPS) is 14.4. The van der Waals surface area contributed by atoms with E-state index in [-0.39, 0.29) is 16.7 Å². The molecule has 0 atom stereocenters. The molecular weight excluding hydrogens is 349 g/mol. The van der Waals surface area contributed by atoms with E-state index in [0.717, 1.165) is 18.7 Å². The fourth-order valence-corrected chi connectivity index (χ4v) is 3.14. The van der Waals surface area contributed by atoms with Crippen LogP contribution in [0.1, 0.15) is 12.1 Å². The molecule has 130 valence electrons. The van der Waals surface area contributed by atoms with Gasteiger partial charge in [0.1, 0.15) is 17.2 Å². The van der Waals surface area contributed by atoms with Crippen LogP contribution >= 0.6 is 11.6 Å². The van der Waals surface area contributed by atoms with Gasteiger partial charge in [0.15, 0.2) is 11.0 Å². The number of ether oxygens (including phenoxy) is 1. The molecule has 0 saturated heterocycles. The van der Waals surface area contributed by atoms with Gasteiger partial charge in [0, 0.05) is 25.4 Å². The molecular formula is C15H15ClFN7O. The highest BCUT2D eigenvalue weighted by atomic mass is 35.5. The third kappa shape index (κ3) is 2.70. The van der Waals surface area contributed by atoms with Crippen LogP contribution in [0.25, 0.3) is 10.9 Å². The topological polar surface area (TPSA) is 95.0 Å². The SMILES string of the molecule is COc1nc(N2CCCn3nc(N)cc3C2)c2cnc(Cl)c(F)c2n1. The molecule has 10 heteroatoms. The first kappa shape index (κ1) is 15.8. The maximum absolute atomic E-state index is 14.4. The molecule has 0 fully saturated rings. The van der Waals surface area contributed by atoms with E-state index in [1.54, 1.807) is 0 Å². The van der Waals surface area contributed by atoms with Crippen molar-refractivity contribution in [3.05, 3.63) is 28.9 Å². The lowest BCUT2D eigenvalue weighted by Gasteiger charge is -2.22. The minimum atomic E-state index is -0.690. The van der Waals surface area contributed by atoms with Gasteiger partial charge in [-0.25, -0.2) is 9.37 Å². The van der Waals surface area contributed by atoms with Crippen molar-refractivity contribution in [2.24, 2.45) is 0 Å². The molecule has 0 aliphatic carbocycles. The van der Waals surface area contributed by atoms with Gasteiger partial charge in [-0.15, -0.1) is 0 Å². The Morgan fingerprint density at radius 2 is 2.16 bits per heavy atom. The lowest BCUT2D eigenvalue weighted by Crippen LogP contribution is -2.24. The predicted molar refractivity (Wildman–Crippen MR) is 91.2 cm³/mol. The van der Waals surface area contributed by atoms with E-state index < -0.39 is 5.82 Å². The lowest BCUT2D eigenvalue weighted by molar-refractivity contribution is 0.381. The van der Waals surface area contributed by atoms with Crippen LogP contribution in [0.5, 0.6) is 6.01 Å². The molecule has 8 nitrogen and oxygen atoms in total. The molecule has 0 amide bonds. The van der Waals surface area contributed by atoms with Crippen molar-refractivity contribution in [2.45, 2.75) is 19.5 Å². The average molecular weight is 364 g/mol. The number of fused-ring (bicyclic) bond motifs is 2. The minimum absolute atomic E-state index is 0.0703. The molecule has 4 rings (SSSR count). The van der Waals surface area contributed by atoms with E-state index in [2.05, 4.69) is 20.1 Å². The number of aryl methyl sites for hydroxylation is 1. The first-order chi connectivity index (χ1) is 12.1. The van der Waals surface area contributed by atoms with E-state index in [9.17, 15) is 4.39 Å². The van der Waals surface area contributed by atoms with Crippen LogP contribution in [0.2, 0.25) is 5.15 Å². The van der Waals surface area contributed by atoms with Crippen molar-refractivity contribution in [2.75, 3.05) is 24.3 Å². The highest BCUT2D eigenvalue weighted by molar-refractivity contribution is 6.30. The van der Waals surface area contributed by atoms with Crippen molar-refractivity contribution in [3.63, 3.8) is 0 Å². The monoisotopic (exact) mass is 363 g/mol. The van der Waals surface area contributed by atoms with Gasteiger partial charge >= 0.3 is 6.01 Å². The molecule has 0 saturated carbocycles. The summed E-state index contributed by atoms with van der Waals surface area (Å²) < 4.78 is 21.4. The standard InChI is InChI=1S/C15H15ClFN7O/c1-25-15-20-12-9(6-19-13(16)11(12)17)14(21-15)23-3-2-4-24-8(7-23)5-10(18)22-24/h5-6H,2-4,7H2,1H3,(H2,18,22). The van der Waals surface area contributed by atoms with Crippen LogP contribution in [0, 0.1) is 5.82 Å². The fourth-order valence-electron chi connectivity index (χ4n) is 3.00. The molecule has 0 spiro atoms. The molecule has 1 aliphatic rings. The summed E-state index contributed by atoms with van der Waals surface area (Å²) in [5.74, 6) is 0.324. The zero-order chi connectivity index (χ0) is 17.6. The van der Waals surface area contributed by atoms with Crippen molar-refractivity contribution < 1.29 is 9.13 Å². The second-order valence-corrected chi connectivity index (χ2v) is 6.08. The number of rotatable bonds is 2. The number of halogens is 2. The van der Waals surface area contributed by atoms with Crippen LogP contribution in [0.3, 0.4) is 0 Å². The van der Waals surface area contributed by atoms with Gasteiger partial charge in [0.25, 0.3) is 0 Å². The Labute approximate surface area is 147 Å². The number of methoxy groups -OCH3 is 1. The zero-order valence-electron chi connectivity index (χ0n) is 13.4. The van der Waals surface area contributed by atoms with E-state index in [4.69, 9.17) is 22.1 Å². The fraction of sp³-hybridized carbons (Fsp3) is 0.333. The first-order valence-corrected chi connectivity index (χ1v) is 8.07. The van der Waals surface area contributed by atoms with E-state index >= 15 is 0 Å². The third-order valence-corrected chi connectivity index (χ3v) is 4.38. The number of hydrogen-bond donors (Lipinski definition) is 1. The lowest BCUT2D eigenvalue weighted by atomic mass is 10.2. The number of nitrogens with two attached hydrogens (primary N) is 1. The summed E-state index contributed by atoms with van der Waals surface area (Å²) in [6.07, 6.45) is 2.32. The molecule has 1 aliphatic heterocycles. The number of anilines is 2. The molecule has 4 heterocycles.